The third-order valence-electron chi connectivity index (χ3n) is 1.54. The molecule has 3 N–H and O–H groups in total. The first kappa shape index (κ1) is 12.9. The van der Waals surface area contributed by atoms with Gasteiger partial charge < -0.3 is 10.8 Å². The van der Waals surface area contributed by atoms with Crippen LogP contribution in [-0.2, 0) is 11.2 Å². The maximum absolute atomic E-state index is 10.4. The number of hydrogen-bond acceptors (Lipinski definition) is 4. The minimum absolute atomic E-state index is 0. The van der Waals surface area contributed by atoms with E-state index in [-0.39, 0.29) is 18.8 Å². The third-order valence-corrected chi connectivity index (χ3v) is 2.42. The minimum Gasteiger partial charge on any atom is -0.480 e. The van der Waals surface area contributed by atoms with Crippen molar-refractivity contribution in [3.8, 4) is 6.07 Å². The summed E-state index contributed by atoms with van der Waals surface area (Å²) in [5, 5.41) is 18.8. The molecule has 0 saturated heterocycles. The zero-order valence-electron chi connectivity index (χ0n) is 7.14. The molecule has 76 valence electrons. The molecule has 4 nitrogen and oxygen atoms in total. The molecule has 0 aliphatic carbocycles. The topological polar surface area (TPSA) is 87.1 Å². The quantitative estimate of drug-likeness (QED) is 0.814. The molecule has 0 aromatic carbocycles. The number of rotatable bonds is 3. The van der Waals surface area contributed by atoms with Crippen molar-refractivity contribution < 1.29 is 9.90 Å². The van der Waals surface area contributed by atoms with Crippen LogP contribution < -0.4 is 5.73 Å². The Morgan fingerprint density at radius 3 is 2.86 bits per heavy atom. The summed E-state index contributed by atoms with van der Waals surface area (Å²) in [7, 11) is 0. The van der Waals surface area contributed by atoms with Crippen LogP contribution in [0.25, 0.3) is 0 Å². The Kier molecular flexibility index (Phi) is 5.16. The first-order valence-corrected chi connectivity index (χ1v) is 4.47. The molecule has 0 fully saturated rings. The average Bonchev–Trinajstić information content (AvgIpc) is 2.52. The van der Waals surface area contributed by atoms with Crippen LogP contribution in [0.2, 0.25) is 0 Å². The van der Waals surface area contributed by atoms with Crippen molar-refractivity contribution >= 4 is 29.7 Å². The van der Waals surface area contributed by atoms with E-state index in [1.54, 1.807) is 11.4 Å². The minimum atomic E-state index is -1.02. The molecule has 1 heterocycles. The number of nitriles is 1. The van der Waals surface area contributed by atoms with Crippen LogP contribution in [-0.4, -0.2) is 17.1 Å². The molecular formula is C8H9ClN2O2S. The second-order valence-corrected chi connectivity index (χ2v) is 3.49. The summed E-state index contributed by atoms with van der Waals surface area (Å²) in [6.45, 7) is 0. The van der Waals surface area contributed by atoms with E-state index in [0.29, 0.717) is 4.88 Å². The van der Waals surface area contributed by atoms with E-state index >= 15 is 0 Å². The number of hydrogen-bond donors (Lipinski definition) is 2. The largest absolute Gasteiger partial charge is 0.480 e. The predicted molar refractivity (Wildman–Crippen MR) is 55.6 cm³/mol. The molecule has 0 bridgehead atoms. The summed E-state index contributed by atoms with van der Waals surface area (Å²) < 4.78 is 0. The van der Waals surface area contributed by atoms with Gasteiger partial charge in [0, 0.05) is 0 Å². The molecule has 1 atom stereocenters. The SMILES string of the molecule is Cl.N#Cc1cc(CC(N)C(=O)O)cs1. The van der Waals surface area contributed by atoms with E-state index in [1.165, 1.54) is 11.3 Å². The zero-order valence-corrected chi connectivity index (χ0v) is 8.77. The highest BCUT2D eigenvalue weighted by atomic mass is 35.5. The first-order chi connectivity index (χ1) is 6.13. The number of thiophene rings is 1. The van der Waals surface area contributed by atoms with Gasteiger partial charge in [-0.15, -0.1) is 23.7 Å². The Morgan fingerprint density at radius 2 is 2.43 bits per heavy atom. The molecule has 6 heteroatoms. The van der Waals surface area contributed by atoms with Gasteiger partial charge in [-0.1, -0.05) is 0 Å². The molecule has 14 heavy (non-hydrogen) atoms. The number of carboxylic acid groups (broad SMARTS) is 1. The molecule has 0 amide bonds. The van der Waals surface area contributed by atoms with Gasteiger partial charge in [0.2, 0.25) is 0 Å². The van der Waals surface area contributed by atoms with Crippen molar-refractivity contribution in [2.45, 2.75) is 12.5 Å². The molecule has 0 aliphatic rings. The van der Waals surface area contributed by atoms with Gasteiger partial charge in [-0.25, -0.2) is 0 Å². The van der Waals surface area contributed by atoms with Crippen LogP contribution >= 0.6 is 23.7 Å². The summed E-state index contributed by atoms with van der Waals surface area (Å²) in [5.74, 6) is -1.02. The Hall–Kier alpha value is -1.09. The molecular weight excluding hydrogens is 224 g/mol. The highest BCUT2D eigenvalue weighted by Crippen LogP contribution is 2.14. The number of aliphatic carboxylic acids is 1. The molecule has 0 radical (unpaired) electrons. The fraction of sp³-hybridized carbons (Fsp3) is 0.250. The van der Waals surface area contributed by atoms with Crippen molar-refractivity contribution in [2.75, 3.05) is 0 Å². The van der Waals surface area contributed by atoms with E-state index in [2.05, 4.69) is 0 Å². The van der Waals surface area contributed by atoms with Crippen LogP contribution in [0, 0.1) is 11.3 Å². The Morgan fingerprint density at radius 1 is 1.79 bits per heavy atom. The van der Waals surface area contributed by atoms with Gasteiger partial charge >= 0.3 is 5.97 Å². The van der Waals surface area contributed by atoms with Gasteiger partial charge in [0.25, 0.3) is 0 Å². The lowest BCUT2D eigenvalue weighted by Crippen LogP contribution is -2.32. The van der Waals surface area contributed by atoms with Crippen LogP contribution in [0.1, 0.15) is 10.4 Å². The fourth-order valence-corrected chi connectivity index (χ4v) is 1.60. The third kappa shape index (κ3) is 3.34. The number of nitrogens with zero attached hydrogens (tertiary/aromatic N) is 1. The smallest absolute Gasteiger partial charge is 0.320 e. The second kappa shape index (κ2) is 5.60. The highest BCUT2D eigenvalue weighted by Gasteiger charge is 2.12. The van der Waals surface area contributed by atoms with Crippen molar-refractivity contribution in [1.82, 2.24) is 0 Å². The van der Waals surface area contributed by atoms with E-state index in [0.717, 1.165) is 5.56 Å². The van der Waals surface area contributed by atoms with Gasteiger partial charge in [0.05, 0.1) is 0 Å². The molecule has 0 aliphatic heterocycles. The van der Waals surface area contributed by atoms with Crippen LogP contribution in [0.4, 0.5) is 0 Å². The lowest BCUT2D eigenvalue weighted by atomic mass is 10.1. The normalized spacial score (nSPS) is 11.1. The van der Waals surface area contributed by atoms with Crippen molar-refractivity contribution in [2.24, 2.45) is 5.73 Å². The number of nitrogens with two attached hydrogens (primary N) is 1. The maximum atomic E-state index is 10.4. The van der Waals surface area contributed by atoms with E-state index in [1.807, 2.05) is 6.07 Å². The van der Waals surface area contributed by atoms with Crippen LogP contribution in [0.15, 0.2) is 11.4 Å². The summed E-state index contributed by atoms with van der Waals surface area (Å²) in [4.78, 5) is 11.0. The number of halogens is 1. The van der Waals surface area contributed by atoms with Crippen molar-refractivity contribution in [3.05, 3.63) is 21.9 Å². The maximum Gasteiger partial charge on any atom is 0.320 e. The second-order valence-electron chi connectivity index (χ2n) is 2.58. The summed E-state index contributed by atoms with van der Waals surface area (Å²) in [6.07, 6.45) is 0.271. The number of carbonyl (C=O) groups is 1. The van der Waals surface area contributed by atoms with Crippen LogP contribution in [0.3, 0.4) is 0 Å². The standard InChI is InChI=1S/C8H8N2O2S.ClH/c9-3-6-1-5(4-13-6)2-7(10)8(11)12;/h1,4,7H,2,10H2,(H,11,12);1H. The van der Waals surface area contributed by atoms with E-state index < -0.39 is 12.0 Å². The van der Waals surface area contributed by atoms with Gasteiger partial charge in [-0.05, 0) is 23.4 Å². The lowest BCUT2D eigenvalue weighted by Gasteiger charge is -2.02. The molecule has 0 saturated carbocycles. The van der Waals surface area contributed by atoms with Gasteiger partial charge in [0.15, 0.2) is 0 Å². The Labute approximate surface area is 91.4 Å². The molecule has 1 aromatic heterocycles. The number of carboxylic acids is 1. The molecule has 1 unspecified atom stereocenters. The average molecular weight is 233 g/mol. The zero-order chi connectivity index (χ0) is 9.84. The van der Waals surface area contributed by atoms with E-state index in [9.17, 15) is 4.79 Å². The molecule has 1 rings (SSSR count). The van der Waals surface area contributed by atoms with Crippen LogP contribution in [0.5, 0.6) is 0 Å². The highest BCUT2D eigenvalue weighted by molar-refractivity contribution is 7.10. The predicted octanol–water partition coefficient (Wildman–Crippen LogP) is 0.996. The Balaban J connectivity index is 0.00000169. The summed E-state index contributed by atoms with van der Waals surface area (Å²) in [5.41, 5.74) is 6.12. The van der Waals surface area contributed by atoms with Crippen molar-refractivity contribution in [3.63, 3.8) is 0 Å². The summed E-state index contributed by atoms with van der Waals surface area (Å²) >= 11 is 1.29. The fourth-order valence-electron chi connectivity index (χ4n) is 0.883. The van der Waals surface area contributed by atoms with E-state index in [4.69, 9.17) is 16.1 Å². The molecule has 1 aromatic rings. The van der Waals surface area contributed by atoms with Crippen molar-refractivity contribution in [1.29, 1.82) is 5.26 Å². The lowest BCUT2D eigenvalue weighted by molar-refractivity contribution is -0.138. The molecule has 0 spiro atoms. The van der Waals surface area contributed by atoms with Gasteiger partial charge in [-0.3, -0.25) is 4.79 Å². The van der Waals surface area contributed by atoms with Gasteiger partial charge in [-0.2, -0.15) is 5.26 Å². The summed E-state index contributed by atoms with van der Waals surface area (Å²) in [6, 6.07) is 2.75. The Bertz CT molecular complexity index is 358. The monoisotopic (exact) mass is 232 g/mol. The first-order valence-electron chi connectivity index (χ1n) is 3.59. The van der Waals surface area contributed by atoms with Gasteiger partial charge in [0.1, 0.15) is 17.0 Å².